The molecule has 0 unspecified atom stereocenters. The summed E-state index contributed by atoms with van der Waals surface area (Å²) in [5, 5.41) is 4.46. The monoisotopic (exact) mass is 487 g/mol. The molecule has 1 amide bonds. The molecule has 178 valence electrons. The standard InChI is InChI=1S/C28H26ClN3O3/c1-2-31-13-15-32(16-14-31)26-23(29)10-6-11-24(26)30-27(33)21-9-5-8-19(17-21)22-18-20-7-3-4-12-25(20)35-28(22)34/h3-12,17-18H,2,13-16H2,1H3,(H,30,33). The van der Waals surface area contributed by atoms with Crippen LogP contribution in [0.15, 0.2) is 82.0 Å². The highest BCUT2D eigenvalue weighted by atomic mass is 35.5. The van der Waals surface area contributed by atoms with Gasteiger partial charge >= 0.3 is 5.63 Å². The second-order valence-corrected chi connectivity index (χ2v) is 8.98. The molecule has 6 nitrogen and oxygen atoms in total. The fraction of sp³-hybridized carbons (Fsp3) is 0.214. The zero-order valence-corrected chi connectivity index (χ0v) is 20.2. The highest BCUT2D eigenvalue weighted by Crippen LogP contribution is 2.35. The van der Waals surface area contributed by atoms with Crippen molar-refractivity contribution in [3.05, 3.63) is 93.8 Å². The minimum absolute atomic E-state index is 0.271. The van der Waals surface area contributed by atoms with Crippen molar-refractivity contribution in [3.63, 3.8) is 0 Å². The van der Waals surface area contributed by atoms with Crippen LogP contribution in [-0.2, 0) is 0 Å². The lowest BCUT2D eigenvalue weighted by atomic mass is 10.0. The fourth-order valence-electron chi connectivity index (χ4n) is 4.51. The molecule has 3 aromatic carbocycles. The van der Waals surface area contributed by atoms with Crippen LogP contribution in [0.1, 0.15) is 17.3 Å². The van der Waals surface area contributed by atoms with Gasteiger partial charge in [-0.15, -0.1) is 0 Å². The van der Waals surface area contributed by atoms with Crippen molar-refractivity contribution in [2.75, 3.05) is 42.9 Å². The molecule has 0 radical (unpaired) electrons. The lowest BCUT2D eigenvalue weighted by Gasteiger charge is -2.36. The average Bonchev–Trinajstić information content (AvgIpc) is 2.88. The Morgan fingerprint density at radius 2 is 1.74 bits per heavy atom. The predicted octanol–water partition coefficient (Wildman–Crippen LogP) is 5.51. The number of nitrogens with zero attached hydrogens (tertiary/aromatic N) is 2. The van der Waals surface area contributed by atoms with Crippen LogP contribution in [-0.4, -0.2) is 43.5 Å². The van der Waals surface area contributed by atoms with Crippen LogP contribution >= 0.6 is 11.6 Å². The molecule has 0 spiro atoms. The van der Waals surface area contributed by atoms with Crippen LogP contribution in [0.3, 0.4) is 0 Å². The Morgan fingerprint density at radius 1 is 0.971 bits per heavy atom. The van der Waals surface area contributed by atoms with Crippen LogP contribution in [0.2, 0.25) is 5.02 Å². The number of amides is 1. The summed E-state index contributed by atoms with van der Waals surface area (Å²) in [6, 6.07) is 21.7. The van der Waals surface area contributed by atoms with Crippen molar-refractivity contribution in [3.8, 4) is 11.1 Å². The van der Waals surface area contributed by atoms with E-state index < -0.39 is 5.63 Å². The lowest BCUT2D eigenvalue weighted by Crippen LogP contribution is -2.46. The van der Waals surface area contributed by atoms with E-state index >= 15 is 0 Å². The Kier molecular flexibility index (Phi) is 6.57. The Bertz CT molecular complexity index is 1440. The molecule has 7 heteroatoms. The van der Waals surface area contributed by atoms with Crippen molar-refractivity contribution < 1.29 is 9.21 Å². The van der Waals surface area contributed by atoms with Gasteiger partial charge in [0.15, 0.2) is 0 Å². The molecule has 1 aromatic heterocycles. The number of carbonyl (C=O) groups is 1. The van der Waals surface area contributed by atoms with E-state index in [9.17, 15) is 9.59 Å². The number of fused-ring (bicyclic) bond motifs is 1. The summed E-state index contributed by atoms with van der Waals surface area (Å²) in [5.41, 5.74) is 3.08. The number of likely N-dealkylation sites (N-methyl/N-ethyl adjacent to an activating group) is 1. The molecular formula is C28H26ClN3O3. The maximum Gasteiger partial charge on any atom is 0.344 e. The van der Waals surface area contributed by atoms with E-state index in [0.29, 0.717) is 33.0 Å². The highest BCUT2D eigenvalue weighted by molar-refractivity contribution is 6.34. The zero-order valence-electron chi connectivity index (χ0n) is 19.5. The normalized spacial score (nSPS) is 14.3. The molecule has 1 aliphatic rings. The second kappa shape index (κ2) is 9.94. The van der Waals surface area contributed by atoms with E-state index in [1.54, 1.807) is 36.4 Å². The number of rotatable bonds is 5. The zero-order chi connectivity index (χ0) is 24.4. The number of anilines is 2. The van der Waals surface area contributed by atoms with E-state index in [4.69, 9.17) is 16.0 Å². The van der Waals surface area contributed by atoms with E-state index in [-0.39, 0.29) is 5.91 Å². The Balaban J connectivity index is 1.42. The van der Waals surface area contributed by atoms with Crippen molar-refractivity contribution in [2.45, 2.75) is 6.92 Å². The number of halogens is 1. The molecule has 1 saturated heterocycles. The number of hydrogen-bond donors (Lipinski definition) is 1. The largest absolute Gasteiger partial charge is 0.422 e. The molecule has 2 heterocycles. The van der Waals surface area contributed by atoms with Gasteiger partial charge in [0.1, 0.15) is 5.58 Å². The summed E-state index contributed by atoms with van der Waals surface area (Å²) in [6.45, 7) is 6.76. The summed E-state index contributed by atoms with van der Waals surface area (Å²) in [4.78, 5) is 30.5. The van der Waals surface area contributed by atoms with Gasteiger partial charge in [0.25, 0.3) is 5.91 Å². The first-order valence-corrected chi connectivity index (χ1v) is 12.1. The van der Waals surface area contributed by atoms with Crippen molar-refractivity contribution in [2.24, 2.45) is 0 Å². The number of piperazine rings is 1. The summed E-state index contributed by atoms with van der Waals surface area (Å²) < 4.78 is 5.48. The molecule has 35 heavy (non-hydrogen) atoms. The maximum absolute atomic E-state index is 13.3. The highest BCUT2D eigenvalue weighted by Gasteiger charge is 2.22. The first-order valence-electron chi connectivity index (χ1n) is 11.7. The molecule has 1 fully saturated rings. The summed E-state index contributed by atoms with van der Waals surface area (Å²) in [6.07, 6.45) is 0. The number of para-hydroxylation sites is 2. The Labute approximate surface area is 208 Å². The predicted molar refractivity (Wildman–Crippen MR) is 142 cm³/mol. The molecule has 0 bridgehead atoms. The lowest BCUT2D eigenvalue weighted by molar-refractivity contribution is 0.102. The molecule has 1 N–H and O–H groups in total. The van der Waals surface area contributed by atoms with Crippen molar-refractivity contribution in [1.29, 1.82) is 0 Å². The van der Waals surface area contributed by atoms with Crippen LogP contribution in [0.25, 0.3) is 22.1 Å². The molecule has 0 aliphatic carbocycles. The van der Waals surface area contributed by atoms with Crippen LogP contribution in [0, 0.1) is 0 Å². The maximum atomic E-state index is 13.3. The van der Waals surface area contributed by atoms with Gasteiger partial charge < -0.3 is 19.5 Å². The smallest absolute Gasteiger partial charge is 0.344 e. The van der Waals surface area contributed by atoms with E-state index in [0.717, 1.165) is 43.8 Å². The SMILES string of the molecule is CCN1CCN(c2c(Cl)cccc2NC(=O)c2cccc(-c3cc4ccccc4oc3=O)c2)CC1. The first kappa shape index (κ1) is 23.1. The quantitative estimate of drug-likeness (QED) is 0.376. The Morgan fingerprint density at radius 3 is 2.54 bits per heavy atom. The number of hydrogen-bond acceptors (Lipinski definition) is 5. The van der Waals surface area contributed by atoms with E-state index in [2.05, 4.69) is 22.0 Å². The average molecular weight is 488 g/mol. The summed E-state index contributed by atoms with van der Waals surface area (Å²) in [7, 11) is 0. The van der Waals surface area contributed by atoms with Crippen LogP contribution in [0.5, 0.6) is 0 Å². The van der Waals surface area contributed by atoms with Gasteiger partial charge in [0, 0.05) is 37.1 Å². The molecule has 0 saturated carbocycles. The van der Waals surface area contributed by atoms with Gasteiger partial charge in [-0.3, -0.25) is 4.79 Å². The number of benzene rings is 3. The Hall–Kier alpha value is -3.61. The second-order valence-electron chi connectivity index (χ2n) is 8.58. The van der Waals surface area contributed by atoms with E-state index in [1.165, 1.54) is 0 Å². The third-order valence-corrected chi connectivity index (χ3v) is 6.75. The minimum atomic E-state index is -0.440. The molecular weight excluding hydrogens is 462 g/mol. The van der Waals surface area contributed by atoms with Crippen molar-refractivity contribution >= 4 is 39.9 Å². The fourth-order valence-corrected chi connectivity index (χ4v) is 4.80. The van der Waals surface area contributed by atoms with Crippen molar-refractivity contribution in [1.82, 2.24) is 4.90 Å². The van der Waals surface area contributed by atoms with Crippen LogP contribution in [0.4, 0.5) is 11.4 Å². The number of carbonyl (C=O) groups excluding carboxylic acids is 1. The van der Waals surface area contributed by atoms with Gasteiger partial charge in [-0.25, -0.2) is 4.79 Å². The third kappa shape index (κ3) is 4.81. The minimum Gasteiger partial charge on any atom is -0.422 e. The first-order chi connectivity index (χ1) is 17.0. The topological polar surface area (TPSA) is 65.8 Å². The van der Waals surface area contributed by atoms with Gasteiger partial charge in [0.2, 0.25) is 0 Å². The van der Waals surface area contributed by atoms with Gasteiger partial charge in [0.05, 0.1) is 22.0 Å². The van der Waals surface area contributed by atoms with Gasteiger partial charge in [-0.1, -0.05) is 54.9 Å². The molecule has 0 atom stereocenters. The molecule has 1 aliphatic heterocycles. The van der Waals surface area contributed by atoms with Gasteiger partial charge in [-0.05, 0) is 48.5 Å². The third-order valence-electron chi connectivity index (χ3n) is 6.45. The molecule has 5 rings (SSSR count). The van der Waals surface area contributed by atoms with E-state index in [1.807, 2.05) is 36.4 Å². The van der Waals surface area contributed by atoms with Gasteiger partial charge in [-0.2, -0.15) is 0 Å². The van der Waals surface area contributed by atoms with Crippen LogP contribution < -0.4 is 15.8 Å². The summed E-state index contributed by atoms with van der Waals surface area (Å²) >= 11 is 6.58. The summed E-state index contributed by atoms with van der Waals surface area (Å²) in [5.74, 6) is -0.271. The molecule has 4 aromatic rings. The number of nitrogens with one attached hydrogen (secondary N) is 1.